The molecule has 0 aromatic carbocycles. The Hall–Kier alpha value is -1.06. The third-order valence-corrected chi connectivity index (χ3v) is 4.31. The minimum absolute atomic E-state index is 0.224. The summed E-state index contributed by atoms with van der Waals surface area (Å²) < 4.78 is 0. The molecule has 0 amide bonds. The van der Waals surface area contributed by atoms with E-state index < -0.39 is 11.9 Å². The lowest BCUT2D eigenvalue weighted by Gasteiger charge is -2.41. The van der Waals surface area contributed by atoms with E-state index in [1.165, 1.54) is 0 Å². The fourth-order valence-corrected chi connectivity index (χ4v) is 3.49. The Bertz CT molecular complexity index is 299. The van der Waals surface area contributed by atoms with E-state index in [9.17, 15) is 9.59 Å². The van der Waals surface area contributed by atoms with Gasteiger partial charge in [-0.3, -0.25) is 9.59 Å². The molecule has 4 heteroatoms. The van der Waals surface area contributed by atoms with Gasteiger partial charge >= 0.3 is 11.9 Å². The molecule has 0 aromatic rings. The molecule has 16 heavy (non-hydrogen) atoms. The van der Waals surface area contributed by atoms with Gasteiger partial charge < -0.3 is 10.2 Å². The van der Waals surface area contributed by atoms with Crippen LogP contribution in [0.4, 0.5) is 0 Å². The minimum Gasteiger partial charge on any atom is -0.481 e. The lowest BCUT2D eigenvalue weighted by Crippen LogP contribution is -2.39. The molecular weight excluding hydrogens is 208 g/mol. The molecule has 2 rings (SSSR count). The first kappa shape index (κ1) is 11.4. The highest BCUT2D eigenvalue weighted by atomic mass is 16.4. The van der Waals surface area contributed by atoms with Gasteiger partial charge in [-0.1, -0.05) is 12.8 Å². The lowest BCUT2D eigenvalue weighted by atomic mass is 9.63. The topological polar surface area (TPSA) is 74.6 Å². The maximum absolute atomic E-state index is 11.1. The first-order valence-electron chi connectivity index (χ1n) is 6.05. The largest absolute Gasteiger partial charge is 0.481 e. The zero-order valence-electron chi connectivity index (χ0n) is 9.26. The van der Waals surface area contributed by atoms with Crippen molar-refractivity contribution in [3.8, 4) is 0 Å². The summed E-state index contributed by atoms with van der Waals surface area (Å²) in [6.07, 6.45) is 4.83. The normalized spacial score (nSPS) is 38.8. The second kappa shape index (κ2) is 4.44. The van der Waals surface area contributed by atoms with E-state index >= 15 is 0 Å². The monoisotopic (exact) mass is 226 g/mol. The average molecular weight is 226 g/mol. The summed E-state index contributed by atoms with van der Waals surface area (Å²) >= 11 is 0. The second-order valence-corrected chi connectivity index (χ2v) is 5.15. The molecule has 2 aliphatic rings. The number of hydrogen-bond donors (Lipinski definition) is 2. The number of fused-ring (bicyclic) bond motifs is 1. The molecule has 0 bridgehead atoms. The predicted octanol–water partition coefficient (Wildman–Crippen LogP) is 1.99. The molecule has 2 aliphatic carbocycles. The number of carboxylic acid groups (broad SMARTS) is 2. The standard InChI is InChI=1S/C12H18O4/c13-11(14)8-4-5-9-7(6-8)2-1-3-10(9)12(15)16/h7-10H,1-6H2,(H,13,14)(H,15,16). The van der Waals surface area contributed by atoms with Crippen molar-refractivity contribution >= 4 is 11.9 Å². The molecule has 0 aliphatic heterocycles. The summed E-state index contributed by atoms with van der Waals surface area (Å²) in [5, 5.41) is 18.1. The highest BCUT2D eigenvalue weighted by Crippen LogP contribution is 2.45. The van der Waals surface area contributed by atoms with Crippen LogP contribution in [0.15, 0.2) is 0 Å². The van der Waals surface area contributed by atoms with Gasteiger partial charge in [0.25, 0.3) is 0 Å². The van der Waals surface area contributed by atoms with E-state index in [-0.39, 0.29) is 17.8 Å². The highest BCUT2D eigenvalue weighted by Gasteiger charge is 2.42. The van der Waals surface area contributed by atoms with Crippen molar-refractivity contribution in [3.05, 3.63) is 0 Å². The molecular formula is C12H18O4. The van der Waals surface area contributed by atoms with Crippen LogP contribution in [0.3, 0.4) is 0 Å². The van der Waals surface area contributed by atoms with E-state index in [0.717, 1.165) is 25.7 Å². The highest BCUT2D eigenvalue weighted by molar-refractivity contribution is 5.71. The van der Waals surface area contributed by atoms with Crippen LogP contribution in [-0.4, -0.2) is 22.2 Å². The summed E-state index contributed by atoms with van der Waals surface area (Å²) in [5.74, 6) is -1.33. The van der Waals surface area contributed by atoms with Gasteiger partial charge in [0.2, 0.25) is 0 Å². The van der Waals surface area contributed by atoms with E-state index in [0.29, 0.717) is 18.8 Å². The average Bonchev–Trinajstić information content (AvgIpc) is 2.27. The van der Waals surface area contributed by atoms with Gasteiger partial charge in [0.15, 0.2) is 0 Å². The summed E-state index contributed by atoms with van der Waals surface area (Å²) in [5.41, 5.74) is 0. The van der Waals surface area contributed by atoms with Crippen LogP contribution >= 0.6 is 0 Å². The Labute approximate surface area is 94.7 Å². The number of carboxylic acids is 2. The molecule has 0 aromatic heterocycles. The fraction of sp³-hybridized carbons (Fsp3) is 0.833. The van der Waals surface area contributed by atoms with E-state index in [2.05, 4.69) is 0 Å². The van der Waals surface area contributed by atoms with Gasteiger partial charge in [-0.05, 0) is 37.5 Å². The first-order valence-corrected chi connectivity index (χ1v) is 6.05. The smallest absolute Gasteiger partial charge is 0.306 e. The van der Waals surface area contributed by atoms with Crippen LogP contribution in [0.25, 0.3) is 0 Å². The van der Waals surface area contributed by atoms with Crippen LogP contribution < -0.4 is 0 Å². The Kier molecular flexibility index (Phi) is 3.17. The maximum Gasteiger partial charge on any atom is 0.306 e. The van der Waals surface area contributed by atoms with Gasteiger partial charge in [-0.15, -0.1) is 0 Å². The summed E-state index contributed by atoms with van der Waals surface area (Å²) in [7, 11) is 0. The Morgan fingerprint density at radius 1 is 0.938 bits per heavy atom. The third-order valence-electron chi connectivity index (χ3n) is 4.31. The zero-order chi connectivity index (χ0) is 11.7. The summed E-state index contributed by atoms with van der Waals surface area (Å²) in [4.78, 5) is 22.0. The van der Waals surface area contributed by atoms with Crippen LogP contribution in [0.1, 0.15) is 38.5 Å². The summed E-state index contributed by atoms with van der Waals surface area (Å²) in [6, 6.07) is 0. The van der Waals surface area contributed by atoms with E-state index in [1.807, 2.05) is 0 Å². The molecule has 0 radical (unpaired) electrons. The number of rotatable bonds is 2. The molecule has 90 valence electrons. The second-order valence-electron chi connectivity index (χ2n) is 5.15. The van der Waals surface area contributed by atoms with Gasteiger partial charge in [0.05, 0.1) is 11.8 Å². The number of hydrogen-bond acceptors (Lipinski definition) is 2. The van der Waals surface area contributed by atoms with Gasteiger partial charge in [-0.2, -0.15) is 0 Å². The molecule has 2 saturated carbocycles. The molecule has 0 spiro atoms. The first-order chi connectivity index (χ1) is 7.59. The van der Waals surface area contributed by atoms with Crippen molar-refractivity contribution in [3.63, 3.8) is 0 Å². The van der Waals surface area contributed by atoms with Crippen LogP contribution in [0, 0.1) is 23.7 Å². The van der Waals surface area contributed by atoms with Crippen molar-refractivity contribution < 1.29 is 19.8 Å². The molecule has 2 N–H and O–H groups in total. The molecule has 2 fully saturated rings. The minimum atomic E-state index is -0.712. The van der Waals surface area contributed by atoms with Crippen molar-refractivity contribution in [2.24, 2.45) is 23.7 Å². The molecule has 4 unspecified atom stereocenters. The van der Waals surface area contributed by atoms with Gasteiger partial charge in [0, 0.05) is 0 Å². The molecule has 0 heterocycles. The van der Waals surface area contributed by atoms with Gasteiger partial charge in [0.1, 0.15) is 0 Å². The maximum atomic E-state index is 11.1. The van der Waals surface area contributed by atoms with Crippen molar-refractivity contribution in [2.45, 2.75) is 38.5 Å². The van der Waals surface area contributed by atoms with Crippen LogP contribution in [0.2, 0.25) is 0 Å². The Morgan fingerprint density at radius 3 is 2.31 bits per heavy atom. The Balaban J connectivity index is 2.05. The number of carbonyl (C=O) groups is 2. The Morgan fingerprint density at radius 2 is 1.69 bits per heavy atom. The lowest BCUT2D eigenvalue weighted by molar-refractivity contribution is -0.149. The predicted molar refractivity (Wildman–Crippen MR) is 56.9 cm³/mol. The van der Waals surface area contributed by atoms with Crippen LogP contribution in [-0.2, 0) is 9.59 Å². The van der Waals surface area contributed by atoms with Gasteiger partial charge in [-0.25, -0.2) is 0 Å². The summed E-state index contributed by atoms with van der Waals surface area (Å²) in [6.45, 7) is 0. The SMILES string of the molecule is O=C(O)C1CCC2C(CCCC2C(=O)O)C1. The van der Waals surface area contributed by atoms with Crippen LogP contribution in [0.5, 0.6) is 0 Å². The van der Waals surface area contributed by atoms with E-state index in [4.69, 9.17) is 10.2 Å². The van der Waals surface area contributed by atoms with Crippen molar-refractivity contribution in [2.75, 3.05) is 0 Å². The fourth-order valence-electron chi connectivity index (χ4n) is 3.49. The molecule has 0 saturated heterocycles. The zero-order valence-corrected chi connectivity index (χ0v) is 9.26. The third kappa shape index (κ3) is 2.06. The molecule has 4 nitrogen and oxygen atoms in total. The van der Waals surface area contributed by atoms with E-state index in [1.54, 1.807) is 0 Å². The van der Waals surface area contributed by atoms with Crippen molar-refractivity contribution in [1.82, 2.24) is 0 Å². The van der Waals surface area contributed by atoms with Crippen molar-refractivity contribution in [1.29, 1.82) is 0 Å². The quantitative estimate of drug-likeness (QED) is 0.755. The number of aliphatic carboxylic acids is 2. The molecule has 4 atom stereocenters.